The Balaban J connectivity index is 2.06. The molecule has 1 aliphatic carbocycles. The summed E-state index contributed by atoms with van der Waals surface area (Å²) in [6.45, 7) is 2.38. The van der Waals surface area contributed by atoms with Crippen LogP contribution in [0.1, 0.15) is 35.3 Å². The van der Waals surface area contributed by atoms with E-state index in [2.05, 4.69) is 4.98 Å². The molecule has 1 aromatic rings. The summed E-state index contributed by atoms with van der Waals surface area (Å²) < 4.78 is 4.89. The van der Waals surface area contributed by atoms with Crippen molar-refractivity contribution in [3.8, 4) is 0 Å². The number of nitrogens with two attached hydrogens (primary N) is 1. The first-order valence-electron chi connectivity index (χ1n) is 6.26. The summed E-state index contributed by atoms with van der Waals surface area (Å²) in [6, 6.07) is 0.139. The summed E-state index contributed by atoms with van der Waals surface area (Å²) in [6.07, 6.45) is 1.86. The first-order chi connectivity index (χ1) is 9.15. The standard InChI is InChI=1S/C12H17N3O3S/c1-2-18-11(16)6-15(8-3-4-8)12(17)9-7-19-10(5-13)14-9/h7-8H,2-6,13H2,1H3. The predicted molar refractivity (Wildman–Crippen MR) is 70.7 cm³/mol. The fraction of sp³-hybridized carbons (Fsp3) is 0.583. The van der Waals surface area contributed by atoms with Gasteiger partial charge in [0.1, 0.15) is 17.2 Å². The SMILES string of the molecule is CCOC(=O)CN(C(=O)c1csc(CN)n1)C1CC1. The Morgan fingerprint density at radius 3 is 2.84 bits per heavy atom. The Hall–Kier alpha value is -1.47. The molecule has 6 nitrogen and oxygen atoms in total. The van der Waals surface area contributed by atoms with Gasteiger partial charge in [-0.1, -0.05) is 0 Å². The van der Waals surface area contributed by atoms with Crippen LogP contribution in [0, 0.1) is 0 Å². The van der Waals surface area contributed by atoms with Gasteiger partial charge in [-0.3, -0.25) is 9.59 Å². The van der Waals surface area contributed by atoms with Crippen molar-refractivity contribution in [2.45, 2.75) is 32.4 Å². The van der Waals surface area contributed by atoms with Crippen LogP contribution in [0.25, 0.3) is 0 Å². The maximum absolute atomic E-state index is 12.3. The zero-order chi connectivity index (χ0) is 13.8. The zero-order valence-electron chi connectivity index (χ0n) is 10.8. The van der Waals surface area contributed by atoms with E-state index < -0.39 is 0 Å². The summed E-state index contributed by atoms with van der Waals surface area (Å²) >= 11 is 1.36. The van der Waals surface area contributed by atoms with E-state index in [0.29, 0.717) is 18.8 Å². The average Bonchev–Trinajstić information content (AvgIpc) is 3.12. The van der Waals surface area contributed by atoms with Gasteiger partial charge < -0.3 is 15.4 Å². The Bertz CT molecular complexity index is 471. The summed E-state index contributed by atoms with van der Waals surface area (Å²) in [4.78, 5) is 29.6. The topological polar surface area (TPSA) is 85.5 Å². The van der Waals surface area contributed by atoms with Gasteiger partial charge in [0, 0.05) is 18.0 Å². The lowest BCUT2D eigenvalue weighted by Crippen LogP contribution is -2.38. The molecule has 1 fully saturated rings. The molecule has 0 aliphatic heterocycles. The number of aromatic nitrogens is 1. The molecule has 7 heteroatoms. The second-order valence-electron chi connectivity index (χ2n) is 4.30. The number of esters is 1. The van der Waals surface area contributed by atoms with E-state index in [-0.39, 0.29) is 24.5 Å². The minimum Gasteiger partial charge on any atom is -0.465 e. The highest BCUT2D eigenvalue weighted by Crippen LogP contribution is 2.28. The average molecular weight is 283 g/mol. The number of rotatable bonds is 6. The molecule has 0 spiro atoms. The maximum atomic E-state index is 12.3. The van der Waals surface area contributed by atoms with E-state index in [4.69, 9.17) is 10.5 Å². The lowest BCUT2D eigenvalue weighted by molar-refractivity contribution is -0.144. The van der Waals surface area contributed by atoms with E-state index in [1.807, 2.05) is 0 Å². The molecule has 2 N–H and O–H groups in total. The highest BCUT2D eigenvalue weighted by Gasteiger charge is 2.35. The number of nitrogens with zero attached hydrogens (tertiary/aromatic N) is 2. The third-order valence-corrected chi connectivity index (χ3v) is 3.67. The molecule has 0 bridgehead atoms. The molecule has 1 aromatic heterocycles. The lowest BCUT2D eigenvalue weighted by Gasteiger charge is -2.20. The van der Waals surface area contributed by atoms with E-state index >= 15 is 0 Å². The molecule has 0 radical (unpaired) electrons. The molecule has 0 unspecified atom stereocenters. The molecule has 0 saturated heterocycles. The van der Waals surface area contributed by atoms with Crippen LogP contribution >= 0.6 is 11.3 Å². The Labute approximate surface area is 115 Å². The summed E-state index contributed by atoms with van der Waals surface area (Å²) in [5.74, 6) is -0.594. The van der Waals surface area contributed by atoms with Gasteiger partial charge in [-0.05, 0) is 19.8 Å². The van der Waals surface area contributed by atoms with Crippen LogP contribution in [-0.4, -0.2) is 41.0 Å². The number of carbonyl (C=O) groups excluding carboxylic acids is 2. The number of carbonyl (C=O) groups is 2. The monoisotopic (exact) mass is 283 g/mol. The van der Waals surface area contributed by atoms with E-state index in [1.165, 1.54) is 11.3 Å². The van der Waals surface area contributed by atoms with Crippen LogP contribution in [0.2, 0.25) is 0 Å². The first kappa shape index (κ1) is 14.0. The number of amides is 1. The molecular formula is C12H17N3O3S. The van der Waals surface area contributed by atoms with Crippen molar-refractivity contribution >= 4 is 23.2 Å². The van der Waals surface area contributed by atoms with Crippen LogP contribution in [0.3, 0.4) is 0 Å². The fourth-order valence-corrected chi connectivity index (χ4v) is 2.40. The molecular weight excluding hydrogens is 266 g/mol. The largest absolute Gasteiger partial charge is 0.465 e. The normalized spacial score (nSPS) is 14.2. The van der Waals surface area contributed by atoms with Gasteiger partial charge in [-0.15, -0.1) is 11.3 Å². The molecule has 1 amide bonds. The van der Waals surface area contributed by atoms with Crippen molar-refractivity contribution in [2.75, 3.05) is 13.2 Å². The highest BCUT2D eigenvalue weighted by atomic mass is 32.1. The van der Waals surface area contributed by atoms with Crippen molar-refractivity contribution < 1.29 is 14.3 Å². The van der Waals surface area contributed by atoms with Gasteiger partial charge in [0.05, 0.1) is 6.61 Å². The highest BCUT2D eigenvalue weighted by molar-refractivity contribution is 7.09. The van der Waals surface area contributed by atoms with Crippen molar-refractivity contribution in [2.24, 2.45) is 5.73 Å². The number of hydrogen-bond acceptors (Lipinski definition) is 6. The third-order valence-electron chi connectivity index (χ3n) is 2.80. The van der Waals surface area contributed by atoms with Crippen molar-refractivity contribution in [3.63, 3.8) is 0 Å². The van der Waals surface area contributed by atoms with Gasteiger partial charge in [0.15, 0.2) is 0 Å². The van der Waals surface area contributed by atoms with Crippen molar-refractivity contribution in [3.05, 3.63) is 16.1 Å². The van der Waals surface area contributed by atoms with E-state index in [0.717, 1.165) is 17.8 Å². The molecule has 19 heavy (non-hydrogen) atoms. The molecule has 0 aromatic carbocycles. The lowest BCUT2D eigenvalue weighted by atomic mass is 10.3. The van der Waals surface area contributed by atoms with Crippen molar-refractivity contribution in [1.82, 2.24) is 9.88 Å². The summed E-state index contributed by atoms with van der Waals surface area (Å²) in [7, 11) is 0. The minimum atomic E-state index is -0.378. The second-order valence-corrected chi connectivity index (χ2v) is 5.24. The predicted octanol–water partition coefficient (Wildman–Crippen LogP) is 0.769. The van der Waals surface area contributed by atoms with Gasteiger partial charge in [0.25, 0.3) is 5.91 Å². The maximum Gasteiger partial charge on any atom is 0.325 e. The third kappa shape index (κ3) is 3.51. The van der Waals surface area contributed by atoms with Gasteiger partial charge >= 0.3 is 5.97 Å². The minimum absolute atomic E-state index is 0.00712. The van der Waals surface area contributed by atoms with Crippen molar-refractivity contribution in [1.29, 1.82) is 0 Å². The summed E-state index contributed by atoms with van der Waals surface area (Å²) in [5, 5.41) is 2.40. The first-order valence-corrected chi connectivity index (χ1v) is 7.14. The number of ether oxygens (including phenoxy) is 1. The van der Waals surface area contributed by atoms with Gasteiger partial charge in [-0.2, -0.15) is 0 Å². The van der Waals surface area contributed by atoms with Crippen LogP contribution in [0.15, 0.2) is 5.38 Å². The van der Waals surface area contributed by atoms with Crippen LogP contribution in [0.5, 0.6) is 0 Å². The number of thiazole rings is 1. The molecule has 1 saturated carbocycles. The second kappa shape index (κ2) is 6.12. The summed E-state index contributed by atoms with van der Waals surface area (Å²) in [5.41, 5.74) is 5.84. The number of hydrogen-bond donors (Lipinski definition) is 1. The Morgan fingerprint density at radius 1 is 1.58 bits per heavy atom. The fourth-order valence-electron chi connectivity index (χ4n) is 1.75. The van der Waals surface area contributed by atoms with Crippen LogP contribution in [-0.2, 0) is 16.1 Å². The molecule has 104 valence electrons. The van der Waals surface area contributed by atoms with Gasteiger partial charge in [0.2, 0.25) is 0 Å². The Kier molecular flexibility index (Phi) is 4.49. The molecule has 1 heterocycles. The van der Waals surface area contributed by atoms with Gasteiger partial charge in [-0.25, -0.2) is 4.98 Å². The van der Waals surface area contributed by atoms with Crippen LogP contribution in [0.4, 0.5) is 0 Å². The zero-order valence-corrected chi connectivity index (χ0v) is 11.6. The molecule has 1 aliphatic rings. The quantitative estimate of drug-likeness (QED) is 0.779. The van der Waals surface area contributed by atoms with E-state index in [9.17, 15) is 9.59 Å². The Morgan fingerprint density at radius 2 is 2.32 bits per heavy atom. The molecule has 2 rings (SSSR count). The molecule has 0 atom stereocenters. The van der Waals surface area contributed by atoms with Crippen LogP contribution < -0.4 is 5.73 Å². The smallest absolute Gasteiger partial charge is 0.325 e. The van der Waals surface area contributed by atoms with E-state index in [1.54, 1.807) is 17.2 Å².